The molecule has 1 aromatic carbocycles. The van der Waals surface area contributed by atoms with Crippen LogP contribution in [0, 0.1) is 5.92 Å². The number of rotatable bonds is 5. The van der Waals surface area contributed by atoms with Crippen molar-refractivity contribution in [3.63, 3.8) is 0 Å². The molecule has 0 amide bonds. The third kappa shape index (κ3) is 3.10. The number of para-hydroxylation sites is 1. The van der Waals surface area contributed by atoms with Crippen molar-refractivity contribution >= 4 is 28.6 Å². The van der Waals surface area contributed by atoms with Gasteiger partial charge in [0.15, 0.2) is 0 Å². The Morgan fingerprint density at radius 1 is 1.47 bits per heavy atom. The van der Waals surface area contributed by atoms with Crippen molar-refractivity contribution in [2.75, 3.05) is 12.9 Å². The molecule has 0 saturated heterocycles. The van der Waals surface area contributed by atoms with Gasteiger partial charge in [-0.05, 0) is 6.07 Å². The number of esters is 1. The highest BCUT2D eigenvalue weighted by atomic mass is 32.2. The number of carbonyl (C=O) groups excluding carboxylic acids is 1. The molecule has 1 atom stereocenters. The maximum Gasteiger partial charge on any atom is 0.309 e. The zero-order chi connectivity index (χ0) is 13.8. The first kappa shape index (κ1) is 13.9. The molecule has 0 saturated carbocycles. The number of methoxy groups -OCH3 is 1. The summed E-state index contributed by atoms with van der Waals surface area (Å²) in [4.78, 5) is 11.3. The van der Waals surface area contributed by atoms with Crippen LogP contribution >= 0.6 is 11.8 Å². The molecular formula is C14H18N2O2S. The molecular weight excluding hydrogens is 260 g/mol. The summed E-state index contributed by atoms with van der Waals surface area (Å²) in [7, 11) is 3.38. The van der Waals surface area contributed by atoms with Crippen LogP contribution < -0.4 is 0 Å². The van der Waals surface area contributed by atoms with E-state index in [1.807, 2.05) is 30.8 Å². The molecule has 102 valence electrons. The number of ether oxygens (including phenoxy) is 1. The van der Waals surface area contributed by atoms with E-state index in [0.29, 0.717) is 0 Å². The molecule has 5 heteroatoms. The van der Waals surface area contributed by atoms with Gasteiger partial charge in [-0.3, -0.25) is 9.48 Å². The quantitative estimate of drug-likeness (QED) is 0.789. The van der Waals surface area contributed by atoms with Crippen LogP contribution in [-0.2, 0) is 22.3 Å². The molecule has 0 N–H and O–H groups in total. The van der Waals surface area contributed by atoms with Gasteiger partial charge in [0.25, 0.3) is 0 Å². The molecule has 0 radical (unpaired) electrons. The van der Waals surface area contributed by atoms with Crippen molar-refractivity contribution in [3.8, 4) is 0 Å². The zero-order valence-electron chi connectivity index (χ0n) is 11.4. The predicted octanol–water partition coefficient (Wildman–Crippen LogP) is 2.62. The number of nitrogens with zero attached hydrogens (tertiary/aromatic N) is 2. The number of aryl methyl sites for hydroxylation is 1. The summed E-state index contributed by atoms with van der Waals surface area (Å²) in [5, 5.41) is 5.71. The summed E-state index contributed by atoms with van der Waals surface area (Å²) >= 11 is 1.71. The summed E-state index contributed by atoms with van der Waals surface area (Å²) in [5.74, 6) is 1.32. The fraction of sp³-hybridized carbons (Fsp3) is 0.429. The van der Waals surface area contributed by atoms with E-state index < -0.39 is 0 Å². The summed E-state index contributed by atoms with van der Waals surface area (Å²) in [6, 6.07) is 8.19. The Labute approximate surface area is 117 Å². The van der Waals surface area contributed by atoms with E-state index in [-0.39, 0.29) is 11.9 Å². The first-order chi connectivity index (χ1) is 9.13. The molecule has 2 aromatic rings. The molecule has 19 heavy (non-hydrogen) atoms. The average Bonchev–Trinajstić information content (AvgIpc) is 2.75. The molecule has 1 aromatic heterocycles. The SMILES string of the molecule is COC(=O)C(C)CSCc1nn(C)c2ccccc12. The van der Waals surface area contributed by atoms with Gasteiger partial charge in [-0.15, -0.1) is 0 Å². The topological polar surface area (TPSA) is 44.1 Å². The lowest BCUT2D eigenvalue weighted by molar-refractivity contribution is -0.143. The van der Waals surface area contributed by atoms with Gasteiger partial charge in [-0.2, -0.15) is 16.9 Å². The van der Waals surface area contributed by atoms with E-state index in [2.05, 4.69) is 17.2 Å². The summed E-state index contributed by atoms with van der Waals surface area (Å²) in [6.45, 7) is 1.88. The molecule has 4 nitrogen and oxygen atoms in total. The van der Waals surface area contributed by atoms with Gasteiger partial charge < -0.3 is 4.74 Å². The van der Waals surface area contributed by atoms with Crippen LogP contribution in [0.2, 0.25) is 0 Å². The van der Waals surface area contributed by atoms with Crippen molar-refractivity contribution < 1.29 is 9.53 Å². The van der Waals surface area contributed by atoms with Crippen LogP contribution in [0.5, 0.6) is 0 Å². The number of hydrogen-bond donors (Lipinski definition) is 0. The largest absolute Gasteiger partial charge is 0.469 e. The maximum absolute atomic E-state index is 11.3. The van der Waals surface area contributed by atoms with Gasteiger partial charge >= 0.3 is 5.97 Å². The fourth-order valence-electron chi connectivity index (χ4n) is 2.00. The standard InChI is InChI=1S/C14H18N2O2S/c1-10(14(17)18-3)8-19-9-12-11-6-4-5-7-13(11)16(2)15-12/h4-7,10H,8-9H2,1-3H3. The first-order valence-electron chi connectivity index (χ1n) is 6.19. The van der Waals surface area contributed by atoms with Gasteiger partial charge in [-0.25, -0.2) is 0 Å². The van der Waals surface area contributed by atoms with Gasteiger partial charge in [0.05, 0.1) is 24.2 Å². The van der Waals surface area contributed by atoms with E-state index in [1.54, 1.807) is 11.8 Å². The maximum atomic E-state index is 11.3. The van der Waals surface area contributed by atoms with E-state index in [1.165, 1.54) is 12.5 Å². The third-order valence-corrected chi connectivity index (χ3v) is 4.26. The number of benzene rings is 1. The Hall–Kier alpha value is -1.49. The molecule has 0 aliphatic carbocycles. The van der Waals surface area contributed by atoms with Crippen molar-refractivity contribution in [1.29, 1.82) is 0 Å². The summed E-state index contributed by atoms with van der Waals surface area (Å²) < 4.78 is 6.61. The van der Waals surface area contributed by atoms with Crippen molar-refractivity contribution in [2.45, 2.75) is 12.7 Å². The zero-order valence-corrected chi connectivity index (χ0v) is 12.2. The molecule has 1 heterocycles. The lowest BCUT2D eigenvalue weighted by Crippen LogP contribution is -2.14. The Morgan fingerprint density at radius 3 is 2.95 bits per heavy atom. The van der Waals surface area contributed by atoms with Crippen LogP contribution in [0.3, 0.4) is 0 Å². The Balaban J connectivity index is 2.01. The van der Waals surface area contributed by atoms with Crippen LogP contribution in [0.4, 0.5) is 0 Å². The first-order valence-corrected chi connectivity index (χ1v) is 7.35. The monoisotopic (exact) mass is 278 g/mol. The number of hydrogen-bond acceptors (Lipinski definition) is 4. The highest BCUT2D eigenvalue weighted by Gasteiger charge is 2.14. The molecule has 0 aliphatic heterocycles. The number of thioether (sulfide) groups is 1. The fourth-order valence-corrected chi connectivity index (χ4v) is 3.01. The van der Waals surface area contributed by atoms with Gasteiger partial charge in [0.2, 0.25) is 0 Å². The number of fused-ring (bicyclic) bond motifs is 1. The number of carbonyl (C=O) groups is 1. The minimum Gasteiger partial charge on any atom is -0.469 e. The minimum absolute atomic E-state index is 0.0787. The second-order valence-corrected chi connectivity index (χ2v) is 5.56. The molecule has 0 aliphatic rings. The molecule has 0 bridgehead atoms. The average molecular weight is 278 g/mol. The second kappa shape index (κ2) is 6.10. The smallest absolute Gasteiger partial charge is 0.309 e. The Morgan fingerprint density at radius 2 is 2.21 bits per heavy atom. The molecule has 0 fully saturated rings. The van der Waals surface area contributed by atoms with Gasteiger partial charge in [0, 0.05) is 23.9 Å². The van der Waals surface area contributed by atoms with Crippen LogP contribution in [-0.4, -0.2) is 28.6 Å². The number of aromatic nitrogens is 2. The predicted molar refractivity (Wildman–Crippen MR) is 78.1 cm³/mol. The summed E-state index contributed by atoms with van der Waals surface area (Å²) in [6.07, 6.45) is 0. The van der Waals surface area contributed by atoms with E-state index in [4.69, 9.17) is 4.74 Å². The third-order valence-electron chi connectivity index (χ3n) is 3.04. The summed E-state index contributed by atoms with van der Waals surface area (Å²) in [5.41, 5.74) is 2.21. The molecule has 0 spiro atoms. The normalized spacial score (nSPS) is 12.6. The van der Waals surface area contributed by atoms with E-state index in [9.17, 15) is 4.79 Å². The highest BCUT2D eigenvalue weighted by molar-refractivity contribution is 7.98. The highest BCUT2D eigenvalue weighted by Crippen LogP contribution is 2.22. The van der Waals surface area contributed by atoms with Crippen LogP contribution in [0.15, 0.2) is 24.3 Å². The van der Waals surface area contributed by atoms with Crippen LogP contribution in [0.1, 0.15) is 12.6 Å². The van der Waals surface area contributed by atoms with Crippen molar-refractivity contribution in [3.05, 3.63) is 30.0 Å². The second-order valence-electron chi connectivity index (χ2n) is 4.53. The Kier molecular flexibility index (Phi) is 4.47. The minimum atomic E-state index is -0.154. The van der Waals surface area contributed by atoms with Crippen molar-refractivity contribution in [1.82, 2.24) is 9.78 Å². The molecule has 2 rings (SSSR count). The lowest BCUT2D eigenvalue weighted by atomic mass is 10.2. The lowest BCUT2D eigenvalue weighted by Gasteiger charge is -2.07. The van der Waals surface area contributed by atoms with Crippen LogP contribution in [0.25, 0.3) is 10.9 Å². The molecule has 1 unspecified atom stereocenters. The van der Waals surface area contributed by atoms with Gasteiger partial charge in [0.1, 0.15) is 0 Å². The van der Waals surface area contributed by atoms with E-state index in [0.717, 1.165) is 22.7 Å². The van der Waals surface area contributed by atoms with E-state index >= 15 is 0 Å². The Bertz CT molecular complexity index is 580. The van der Waals surface area contributed by atoms with Crippen molar-refractivity contribution in [2.24, 2.45) is 13.0 Å². The van der Waals surface area contributed by atoms with Gasteiger partial charge in [-0.1, -0.05) is 25.1 Å².